The van der Waals surface area contributed by atoms with E-state index in [1.54, 1.807) is 6.07 Å². The van der Waals surface area contributed by atoms with Crippen LogP contribution in [0.15, 0.2) is 24.3 Å². The van der Waals surface area contributed by atoms with Crippen LogP contribution >= 0.6 is 0 Å². The molecule has 0 radical (unpaired) electrons. The lowest BCUT2D eigenvalue weighted by Crippen LogP contribution is -2.43. The summed E-state index contributed by atoms with van der Waals surface area (Å²) >= 11 is 0. The molecule has 0 aromatic heterocycles. The standard InChI is InChI=1S/C19H25N3O3/c1-2-21(14-7-3-4-8-14)18(24)11-12-19(25)22-13-17(23)20-15-9-5-6-10-16(15)22/h5-6,9-10,14H,2-4,7-8,11-13H2,1H3,(H,20,23). The number of nitrogens with one attached hydrogen (secondary N) is 1. The Hall–Kier alpha value is -2.37. The fraction of sp³-hybridized carbons (Fsp3) is 0.526. The van der Waals surface area contributed by atoms with Crippen molar-refractivity contribution in [2.24, 2.45) is 0 Å². The van der Waals surface area contributed by atoms with E-state index >= 15 is 0 Å². The van der Waals surface area contributed by atoms with Gasteiger partial charge in [-0.1, -0.05) is 25.0 Å². The maximum Gasteiger partial charge on any atom is 0.244 e. The molecule has 1 fully saturated rings. The number of carbonyl (C=O) groups is 3. The highest BCUT2D eigenvalue weighted by atomic mass is 16.2. The van der Waals surface area contributed by atoms with Crippen LogP contribution in [0.25, 0.3) is 0 Å². The molecule has 6 heteroatoms. The zero-order valence-corrected chi connectivity index (χ0v) is 14.7. The average Bonchev–Trinajstić information content (AvgIpc) is 3.13. The minimum atomic E-state index is -0.209. The Labute approximate surface area is 148 Å². The van der Waals surface area contributed by atoms with Gasteiger partial charge < -0.3 is 15.1 Å². The minimum absolute atomic E-state index is 0.00412. The molecule has 0 bridgehead atoms. The Morgan fingerprint density at radius 1 is 1.20 bits per heavy atom. The van der Waals surface area contributed by atoms with Crippen molar-refractivity contribution in [2.45, 2.75) is 51.5 Å². The van der Waals surface area contributed by atoms with Crippen LogP contribution in [0.2, 0.25) is 0 Å². The van der Waals surface area contributed by atoms with Gasteiger partial charge in [0.2, 0.25) is 17.7 Å². The number of benzene rings is 1. The van der Waals surface area contributed by atoms with Crippen molar-refractivity contribution >= 4 is 29.1 Å². The molecule has 2 aliphatic rings. The third kappa shape index (κ3) is 3.83. The number of hydrogen-bond donors (Lipinski definition) is 1. The van der Waals surface area contributed by atoms with Crippen LogP contribution in [-0.4, -0.2) is 41.8 Å². The number of nitrogens with zero attached hydrogens (tertiary/aromatic N) is 2. The first-order valence-electron chi connectivity index (χ1n) is 9.09. The van der Waals surface area contributed by atoms with Gasteiger partial charge in [-0.25, -0.2) is 0 Å². The van der Waals surface area contributed by atoms with E-state index in [0.717, 1.165) is 12.8 Å². The molecule has 1 saturated carbocycles. The van der Waals surface area contributed by atoms with Gasteiger partial charge in [0, 0.05) is 25.4 Å². The van der Waals surface area contributed by atoms with Gasteiger partial charge in [-0.15, -0.1) is 0 Å². The monoisotopic (exact) mass is 343 g/mol. The summed E-state index contributed by atoms with van der Waals surface area (Å²) in [4.78, 5) is 40.4. The lowest BCUT2D eigenvalue weighted by Gasteiger charge is -2.30. The van der Waals surface area contributed by atoms with Crippen molar-refractivity contribution in [2.75, 3.05) is 23.3 Å². The summed E-state index contributed by atoms with van der Waals surface area (Å²) in [5, 5.41) is 2.77. The van der Waals surface area contributed by atoms with E-state index in [9.17, 15) is 14.4 Å². The molecule has 0 unspecified atom stereocenters. The third-order valence-electron chi connectivity index (χ3n) is 5.05. The second-order valence-electron chi connectivity index (χ2n) is 6.66. The molecule has 0 spiro atoms. The van der Waals surface area contributed by atoms with Crippen molar-refractivity contribution < 1.29 is 14.4 Å². The lowest BCUT2D eigenvalue weighted by atomic mass is 10.1. The SMILES string of the molecule is CCN(C(=O)CCC(=O)N1CC(=O)Nc2ccccc21)C1CCCC1. The highest BCUT2D eigenvalue weighted by molar-refractivity contribution is 6.10. The van der Waals surface area contributed by atoms with Crippen molar-refractivity contribution in [3.05, 3.63) is 24.3 Å². The van der Waals surface area contributed by atoms with Crippen LogP contribution in [0, 0.1) is 0 Å². The summed E-state index contributed by atoms with van der Waals surface area (Å²) in [6.45, 7) is 2.68. The van der Waals surface area contributed by atoms with E-state index in [1.807, 2.05) is 30.0 Å². The van der Waals surface area contributed by atoms with E-state index < -0.39 is 0 Å². The first-order chi connectivity index (χ1) is 12.1. The van der Waals surface area contributed by atoms with Gasteiger partial charge in [0.1, 0.15) is 6.54 Å². The summed E-state index contributed by atoms with van der Waals surface area (Å²) in [6, 6.07) is 7.56. The third-order valence-corrected chi connectivity index (χ3v) is 5.05. The first kappa shape index (κ1) is 17.5. The predicted octanol–water partition coefficient (Wildman–Crippen LogP) is 2.54. The topological polar surface area (TPSA) is 69.7 Å². The van der Waals surface area contributed by atoms with Gasteiger partial charge in [0.15, 0.2) is 0 Å². The van der Waals surface area contributed by atoms with Gasteiger partial charge in [0.25, 0.3) is 0 Å². The summed E-state index contributed by atoms with van der Waals surface area (Å²) in [5.74, 6) is -0.352. The average molecular weight is 343 g/mol. The van der Waals surface area contributed by atoms with Gasteiger partial charge >= 0.3 is 0 Å². The minimum Gasteiger partial charge on any atom is -0.340 e. The highest BCUT2D eigenvalue weighted by Gasteiger charge is 2.29. The van der Waals surface area contributed by atoms with Crippen LogP contribution in [-0.2, 0) is 14.4 Å². The molecular weight excluding hydrogens is 318 g/mol. The largest absolute Gasteiger partial charge is 0.340 e. The summed E-state index contributed by atoms with van der Waals surface area (Å²) < 4.78 is 0. The summed E-state index contributed by atoms with van der Waals surface area (Å²) in [7, 11) is 0. The van der Waals surface area contributed by atoms with Crippen molar-refractivity contribution in [1.29, 1.82) is 0 Å². The molecule has 1 aromatic rings. The first-order valence-corrected chi connectivity index (χ1v) is 9.09. The fourth-order valence-electron chi connectivity index (χ4n) is 3.80. The summed E-state index contributed by atoms with van der Waals surface area (Å²) in [5.41, 5.74) is 1.34. The molecule has 0 saturated heterocycles. The van der Waals surface area contributed by atoms with Crippen LogP contribution in [0.3, 0.4) is 0 Å². The number of carbonyl (C=O) groups excluding carboxylic acids is 3. The zero-order valence-electron chi connectivity index (χ0n) is 14.7. The molecule has 1 N–H and O–H groups in total. The molecule has 6 nitrogen and oxygen atoms in total. The second kappa shape index (κ2) is 7.68. The molecule has 0 atom stereocenters. The van der Waals surface area contributed by atoms with Gasteiger partial charge in [-0.2, -0.15) is 0 Å². The molecular formula is C19H25N3O3. The molecule has 134 valence electrons. The van der Waals surface area contributed by atoms with Crippen LogP contribution in [0.1, 0.15) is 45.4 Å². The van der Waals surface area contributed by atoms with Crippen LogP contribution < -0.4 is 10.2 Å². The number of hydrogen-bond acceptors (Lipinski definition) is 3. The maximum absolute atomic E-state index is 12.6. The van der Waals surface area contributed by atoms with E-state index in [4.69, 9.17) is 0 Å². The normalized spacial score (nSPS) is 17.2. The Bertz CT molecular complexity index is 668. The quantitative estimate of drug-likeness (QED) is 0.893. The molecule has 1 aliphatic carbocycles. The maximum atomic E-state index is 12.6. The number of rotatable bonds is 5. The van der Waals surface area contributed by atoms with Crippen molar-refractivity contribution in [1.82, 2.24) is 4.90 Å². The Balaban J connectivity index is 1.62. The van der Waals surface area contributed by atoms with E-state index in [0.29, 0.717) is 24.0 Å². The van der Waals surface area contributed by atoms with Crippen LogP contribution in [0.5, 0.6) is 0 Å². The number of amides is 3. The fourth-order valence-corrected chi connectivity index (χ4v) is 3.80. The number of para-hydroxylation sites is 2. The van der Waals surface area contributed by atoms with Gasteiger partial charge in [-0.3, -0.25) is 14.4 Å². The van der Waals surface area contributed by atoms with E-state index in [1.165, 1.54) is 17.7 Å². The Morgan fingerprint density at radius 3 is 2.64 bits per heavy atom. The van der Waals surface area contributed by atoms with Gasteiger partial charge in [-0.05, 0) is 31.9 Å². The summed E-state index contributed by atoms with van der Waals surface area (Å²) in [6.07, 6.45) is 4.80. The second-order valence-corrected chi connectivity index (χ2v) is 6.66. The smallest absolute Gasteiger partial charge is 0.244 e. The molecule has 1 aromatic carbocycles. The molecule has 3 rings (SSSR count). The Kier molecular flexibility index (Phi) is 5.36. The lowest BCUT2D eigenvalue weighted by molar-refractivity contribution is -0.135. The van der Waals surface area contributed by atoms with Gasteiger partial charge in [0.05, 0.1) is 11.4 Å². The van der Waals surface area contributed by atoms with Crippen LogP contribution in [0.4, 0.5) is 11.4 Å². The van der Waals surface area contributed by atoms with E-state index in [2.05, 4.69) is 5.32 Å². The predicted molar refractivity (Wildman–Crippen MR) is 96.3 cm³/mol. The number of anilines is 2. The van der Waals surface area contributed by atoms with Crippen molar-refractivity contribution in [3.63, 3.8) is 0 Å². The van der Waals surface area contributed by atoms with E-state index in [-0.39, 0.29) is 37.1 Å². The molecule has 3 amide bonds. The molecule has 1 heterocycles. The Morgan fingerprint density at radius 2 is 1.92 bits per heavy atom. The molecule has 1 aliphatic heterocycles. The highest BCUT2D eigenvalue weighted by Crippen LogP contribution is 2.29. The zero-order chi connectivity index (χ0) is 17.8. The molecule has 25 heavy (non-hydrogen) atoms. The van der Waals surface area contributed by atoms with Crippen molar-refractivity contribution in [3.8, 4) is 0 Å². The number of fused-ring (bicyclic) bond motifs is 1.